The van der Waals surface area contributed by atoms with Gasteiger partial charge in [0.05, 0.1) is 12.6 Å². The number of benzene rings is 1. The Kier molecular flexibility index (Phi) is 2.93. The van der Waals surface area contributed by atoms with Gasteiger partial charge in [0, 0.05) is 12.1 Å². The quantitative estimate of drug-likeness (QED) is 0.810. The molecule has 2 rings (SSSR count). The Hall–Kier alpha value is -2.53. The van der Waals surface area contributed by atoms with Crippen molar-refractivity contribution >= 4 is 11.4 Å². The van der Waals surface area contributed by atoms with E-state index in [0.29, 0.717) is 18.7 Å². The molecule has 0 aromatic heterocycles. The molecule has 84 valence electrons. The number of nitriles is 2. The molecule has 0 radical (unpaired) electrons. The lowest BCUT2D eigenvalue weighted by Crippen LogP contribution is -2.44. The van der Waals surface area contributed by atoms with Crippen molar-refractivity contribution in [1.29, 1.82) is 10.5 Å². The van der Waals surface area contributed by atoms with Crippen LogP contribution in [0.3, 0.4) is 0 Å². The minimum absolute atomic E-state index is 0.333. The van der Waals surface area contributed by atoms with Gasteiger partial charge in [-0.2, -0.15) is 15.6 Å². The van der Waals surface area contributed by atoms with Crippen molar-refractivity contribution in [2.24, 2.45) is 5.10 Å². The molecule has 2 N–H and O–H groups in total. The van der Waals surface area contributed by atoms with E-state index in [9.17, 15) is 5.26 Å². The number of nitrogens with one attached hydrogen (secondary N) is 2. The van der Waals surface area contributed by atoms with E-state index < -0.39 is 5.54 Å². The Bertz CT molecular complexity index is 508. The van der Waals surface area contributed by atoms with Crippen LogP contribution < -0.4 is 10.7 Å². The van der Waals surface area contributed by atoms with Gasteiger partial charge in [0.1, 0.15) is 11.8 Å². The second-order valence-electron chi connectivity index (χ2n) is 3.87. The highest BCUT2D eigenvalue weighted by Gasteiger charge is 2.36. The van der Waals surface area contributed by atoms with E-state index in [1.165, 1.54) is 0 Å². The third kappa shape index (κ3) is 2.35. The SMILES string of the molecule is N#CC1=NNC(C#N)(CNc2ccccc2)C1. The fourth-order valence-electron chi connectivity index (χ4n) is 1.62. The lowest BCUT2D eigenvalue weighted by Gasteiger charge is -2.21. The van der Waals surface area contributed by atoms with Gasteiger partial charge < -0.3 is 5.32 Å². The smallest absolute Gasteiger partial charge is 0.164 e. The predicted molar refractivity (Wildman–Crippen MR) is 64.1 cm³/mol. The average Bonchev–Trinajstić information content (AvgIpc) is 2.82. The summed E-state index contributed by atoms with van der Waals surface area (Å²) in [5, 5.41) is 24.9. The summed E-state index contributed by atoms with van der Waals surface area (Å²) in [4.78, 5) is 0. The molecule has 0 saturated heterocycles. The van der Waals surface area contributed by atoms with E-state index in [1.807, 2.05) is 36.4 Å². The molecule has 0 spiro atoms. The first-order valence-corrected chi connectivity index (χ1v) is 5.22. The Morgan fingerprint density at radius 3 is 2.71 bits per heavy atom. The van der Waals surface area contributed by atoms with Gasteiger partial charge in [-0.1, -0.05) is 18.2 Å². The zero-order chi connectivity index (χ0) is 12.1. The lowest BCUT2D eigenvalue weighted by atomic mass is 9.96. The van der Waals surface area contributed by atoms with Crippen LogP contribution in [-0.2, 0) is 0 Å². The molecule has 17 heavy (non-hydrogen) atoms. The summed E-state index contributed by atoms with van der Waals surface area (Å²) in [5.41, 5.74) is 3.22. The highest BCUT2D eigenvalue weighted by Crippen LogP contribution is 2.17. The van der Waals surface area contributed by atoms with E-state index in [4.69, 9.17) is 5.26 Å². The van der Waals surface area contributed by atoms with Gasteiger partial charge in [0.15, 0.2) is 5.54 Å². The zero-order valence-electron chi connectivity index (χ0n) is 9.14. The molecular formula is C12H11N5. The topological polar surface area (TPSA) is 84.0 Å². The highest BCUT2D eigenvalue weighted by molar-refractivity contribution is 6.00. The van der Waals surface area contributed by atoms with E-state index in [2.05, 4.69) is 21.9 Å². The number of hydrogen-bond acceptors (Lipinski definition) is 5. The van der Waals surface area contributed by atoms with E-state index in [-0.39, 0.29) is 0 Å². The van der Waals surface area contributed by atoms with Crippen molar-refractivity contribution in [3.05, 3.63) is 30.3 Å². The molecule has 5 heteroatoms. The van der Waals surface area contributed by atoms with Crippen molar-refractivity contribution in [3.63, 3.8) is 0 Å². The van der Waals surface area contributed by atoms with Gasteiger partial charge in [-0.05, 0) is 12.1 Å². The van der Waals surface area contributed by atoms with Crippen LogP contribution in [0.1, 0.15) is 6.42 Å². The standard InChI is InChI=1S/C12H11N5/c13-7-11-6-12(8-14,17-16-11)9-15-10-4-2-1-3-5-10/h1-5,15,17H,6,9H2. The number of nitrogens with zero attached hydrogens (tertiary/aromatic N) is 3. The number of rotatable bonds is 3. The Labute approximate surface area is 99.4 Å². The van der Waals surface area contributed by atoms with Crippen LogP contribution >= 0.6 is 0 Å². The summed E-state index contributed by atoms with van der Waals surface area (Å²) in [6, 6.07) is 13.7. The van der Waals surface area contributed by atoms with Gasteiger partial charge in [-0.25, -0.2) is 0 Å². The van der Waals surface area contributed by atoms with Crippen LogP contribution in [0, 0.1) is 22.7 Å². The molecule has 0 bridgehead atoms. The summed E-state index contributed by atoms with van der Waals surface area (Å²) < 4.78 is 0. The number of para-hydroxylation sites is 1. The van der Waals surface area contributed by atoms with Crippen molar-refractivity contribution < 1.29 is 0 Å². The minimum atomic E-state index is -0.819. The lowest BCUT2D eigenvalue weighted by molar-refractivity contribution is 0.492. The number of hydrazone groups is 1. The van der Waals surface area contributed by atoms with Gasteiger partial charge in [-0.15, -0.1) is 0 Å². The molecule has 1 aliphatic rings. The van der Waals surface area contributed by atoms with Crippen LogP contribution in [-0.4, -0.2) is 17.8 Å². The molecule has 0 fully saturated rings. The van der Waals surface area contributed by atoms with E-state index >= 15 is 0 Å². The summed E-state index contributed by atoms with van der Waals surface area (Å²) in [6.45, 7) is 0.405. The second-order valence-corrected chi connectivity index (χ2v) is 3.87. The van der Waals surface area contributed by atoms with Crippen molar-refractivity contribution in [2.75, 3.05) is 11.9 Å². The molecule has 0 amide bonds. The Morgan fingerprint density at radius 2 is 2.12 bits per heavy atom. The van der Waals surface area contributed by atoms with E-state index in [0.717, 1.165) is 5.69 Å². The summed E-state index contributed by atoms with van der Waals surface area (Å²) in [5.74, 6) is 0. The molecule has 1 atom stereocenters. The summed E-state index contributed by atoms with van der Waals surface area (Å²) in [7, 11) is 0. The van der Waals surface area contributed by atoms with Crippen LogP contribution in [0.5, 0.6) is 0 Å². The van der Waals surface area contributed by atoms with Gasteiger partial charge >= 0.3 is 0 Å². The third-order valence-electron chi connectivity index (χ3n) is 2.59. The second kappa shape index (κ2) is 4.54. The number of anilines is 1. The van der Waals surface area contributed by atoms with Crippen LogP contribution in [0.2, 0.25) is 0 Å². The van der Waals surface area contributed by atoms with Crippen molar-refractivity contribution in [3.8, 4) is 12.1 Å². The van der Waals surface area contributed by atoms with Gasteiger partial charge in [0.25, 0.3) is 0 Å². The molecule has 0 saturated carbocycles. The third-order valence-corrected chi connectivity index (χ3v) is 2.59. The Balaban J connectivity index is 2.00. The molecule has 1 aliphatic heterocycles. The minimum Gasteiger partial charge on any atom is -0.382 e. The van der Waals surface area contributed by atoms with E-state index in [1.54, 1.807) is 0 Å². The average molecular weight is 225 g/mol. The van der Waals surface area contributed by atoms with Crippen LogP contribution in [0.4, 0.5) is 5.69 Å². The Morgan fingerprint density at radius 1 is 1.35 bits per heavy atom. The fourth-order valence-corrected chi connectivity index (χ4v) is 1.62. The van der Waals surface area contributed by atoms with Gasteiger partial charge in [0.2, 0.25) is 0 Å². The molecule has 1 heterocycles. The molecule has 5 nitrogen and oxygen atoms in total. The maximum atomic E-state index is 9.17. The summed E-state index contributed by atoms with van der Waals surface area (Å²) >= 11 is 0. The highest BCUT2D eigenvalue weighted by atomic mass is 15.4. The molecule has 0 aliphatic carbocycles. The van der Waals surface area contributed by atoms with Crippen LogP contribution in [0.25, 0.3) is 0 Å². The van der Waals surface area contributed by atoms with Gasteiger partial charge in [-0.3, -0.25) is 5.43 Å². The maximum Gasteiger partial charge on any atom is 0.164 e. The first-order valence-electron chi connectivity index (χ1n) is 5.22. The van der Waals surface area contributed by atoms with Crippen molar-refractivity contribution in [1.82, 2.24) is 5.43 Å². The normalized spacial score (nSPS) is 21.9. The number of hydrogen-bond donors (Lipinski definition) is 2. The van der Waals surface area contributed by atoms with Crippen LogP contribution in [0.15, 0.2) is 35.4 Å². The molecule has 1 aromatic rings. The first kappa shape index (κ1) is 11.0. The zero-order valence-corrected chi connectivity index (χ0v) is 9.14. The fraction of sp³-hybridized carbons (Fsp3) is 0.250. The largest absolute Gasteiger partial charge is 0.382 e. The van der Waals surface area contributed by atoms with Crippen molar-refractivity contribution in [2.45, 2.75) is 12.0 Å². The monoisotopic (exact) mass is 225 g/mol. The first-order chi connectivity index (χ1) is 8.28. The maximum absolute atomic E-state index is 9.17. The summed E-state index contributed by atoms with van der Waals surface area (Å²) in [6.07, 6.45) is 0.333. The predicted octanol–water partition coefficient (Wildman–Crippen LogP) is 1.23. The molecule has 1 unspecified atom stereocenters. The molecule has 1 aromatic carbocycles. The molecular weight excluding hydrogens is 214 g/mol.